The molecule has 1 N–H and O–H groups in total. The maximum Gasteiger partial charge on any atom is 0.268 e. The van der Waals surface area contributed by atoms with E-state index in [1.807, 2.05) is 64.1 Å². The van der Waals surface area contributed by atoms with Crippen molar-refractivity contribution in [1.29, 1.82) is 0 Å². The lowest BCUT2D eigenvalue weighted by Crippen LogP contribution is -2.19. The lowest BCUT2D eigenvalue weighted by molar-refractivity contribution is 0.431. The van der Waals surface area contributed by atoms with Gasteiger partial charge in [0, 0.05) is 35.6 Å². The van der Waals surface area contributed by atoms with Crippen LogP contribution in [0, 0.1) is 27.7 Å². The van der Waals surface area contributed by atoms with Crippen molar-refractivity contribution in [3.8, 4) is 22.6 Å². The van der Waals surface area contributed by atoms with Gasteiger partial charge in [0.15, 0.2) is 0 Å². The summed E-state index contributed by atoms with van der Waals surface area (Å²) >= 11 is 0. The van der Waals surface area contributed by atoms with Crippen molar-refractivity contribution >= 4 is 22.5 Å². The normalized spacial score (nSPS) is 11.3. The molecule has 5 aromatic rings. The van der Waals surface area contributed by atoms with Crippen molar-refractivity contribution in [1.82, 2.24) is 19.7 Å². The second-order valence-electron chi connectivity index (χ2n) is 8.21. The van der Waals surface area contributed by atoms with Crippen LogP contribution in [-0.2, 0) is 7.05 Å². The number of fused-ring (bicyclic) bond motifs is 1. The average Bonchev–Trinajstić information content (AvgIpc) is 3.38. The van der Waals surface area contributed by atoms with Gasteiger partial charge in [-0.2, -0.15) is 4.98 Å². The lowest BCUT2D eigenvalue weighted by atomic mass is 9.99. The maximum atomic E-state index is 13.2. The minimum atomic E-state index is -0.0685. The van der Waals surface area contributed by atoms with E-state index in [2.05, 4.69) is 20.4 Å². The summed E-state index contributed by atoms with van der Waals surface area (Å²) in [5.74, 6) is 2.20. The fraction of sp³-hybridized carbons (Fsp3) is 0.200. The topological polar surface area (TPSA) is 99.0 Å². The maximum absolute atomic E-state index is 13.2. The third-order valence-electron chi connectivity index (χ3n) is 5.73. The van der Waals surface area contributed by atoms with Crippen LogP contribution in [0.3, 0.4) is 0 Å². The van der Waals surface area contributed by atoms with Gasteiger partial charge in [0.1, 0.15) is 11.5 Å². The SMILES string of the molecule is Cc1cc2c(cn1)cc(-c1cc(Nc3noc(-c4cc(C)oc4C)n3)ccc1C)c(=O)n2C. The molecule has 33 heavy (non-hydrogen) atoms. The molecule has 8 nitrogen and oxygen atoms in total. The molecule has 0 saturated carbocycles. The first-order valence-electron chi connectivity index (χ1n) is 10.6. The van der Waals surface area contributed by atoms with E-state index in [1.165, 1.54) is 0 Å². The monoisotopic (exact) mass is 441 g/mol. The molecule has 166 valence electrons. The van der Waals surface area contributed by atoms with Crippen LogP contribution in [0.5, 0.6) is 0 Å². The van der Waals surface area contributed by atoms with Crippen LogP contribution in [-0.4, -0.2) is 19.7 Å². The third-order valence-corrected chi connectivity index (χ3v) is 5.73. The number of aromatic nitrogens is 4. The number of hydrogen-bond donors (Lipinski definition) is 1. The molecule has 5 rings (SSSR count). The van der Waals surface area contributed by atoms with E-state index >= 15 is 0 Å². The predicted octanol–water partition coefficient (Wildman–Crippen LogP) is 5.22. The van der Waals surface area contributed by atoms with E-state index < -0.39 is 0 Å². The zero-order valence-corrected chi connectivity index (χ0v) is 19.1. The highest BCUT2D eigenvalue weighted by atomic mass is 16.5. The lowest BCUT2D eigenvalue weighted by Gasteiger charge is -2.12. The first-order valence-corrected chi connectivity index (χ1v) is 10.6. The van der Waals surface area contributed by atoms with E-state index in [1.54, 1.807) is 17.8 Å². The minimum absolute atomic E-state index is 0.0685. The van der Waals surface area contributed by atoms with Gasteiger partial charge in [-0.15, -0.1) is 0 Å². The van der Waals surface area contributed by atoms with Crippen molar-refractivity contribution in [3.05, 3.63) is 75.7 Å². The standard InChI is InChI=1S/C25H23N5O3/c1-13-6-7-18(27-25-28-23(33-29-25)20-9-15(3)32-16(20)4)11-19(13)21-10-17-12-26-14(2)8-22(17)30(5)24(21)31/h6-12H,1-5H3,(H,27,29). The molecule has 0 fully saturated rings. The van der Waals surface area contributed by atoms with Gasteiger partial charge in [0.2, 0.25) is 0 Å². The number of hydrogen-bond acceptors (Lipinski definition) is 7. The summed E-state index contributed by atoms with van der Waals surface area (Å²) in [6.45, 7) is 7.61. The average molecular weight is 441 g/mol. The van der Waals surface area contributed by atoms with E-state index in [0.717, 1.165) is 50.5 Å². The minimum Gasteiger partial charge on any atom is -0.466 e. The van der Waals surface area contributed by atoms with E-state index in [4.69, 9.17) is 8.94 Å². The van der Waals surface area contributed by atoms with Crippen LogP contribution in [0.15, 0.2) is 56.3 Å². The molecule has 0 aliphatic heterocycles. The molecule has 0 aliphatic rings. The highest BCUT2D eigenvalue weighted by molar-refractivity contribution is 5.85. The van der Waals surface area contributed by atoms with Gasteiger partial charge in [-0.25, -0.2) is 0 Å². The summed E-state index contributed by atoms with van der Waals surface area (Å²) in [4.78, 5) is 22.0. The molecule has 0 bridgehead atoms. The molecule has 8 heteroatoms. The van der Waals surface area contributed by atoms with Gasteiger partial charge >= 0.3 is 0 Å². The first-order chi connectivity index (χ1) is 15.8. The summed E-state index contributed by atoms with van der Waals surface area (Å²) in [5.41, 5.74) is 5.58. The van der Waals surface area contributed by atoms with Crippen LogP contribution >= 0.6 is 0 Å². The Hall–Kier alpha value is -4.20. The number of nitrogens with zero attached hydrogens (tertiary/aromatic N) is 4. The Balaban J connectivity index is 1.52. The van der Waals surface area contributed by atoms with Gasteiger partial charge in [-0.05, 0) is 74.3 Å². The molecule has 0 amide bonds. The van der Waals surface area contributed by atoms with E-state index in [0.29, 0.717) is 17.4 Å². The number of aryl methyl sites for hydroxylation is 5. The van der Waals surface area contributed by atoms with Crippen molar-refractivity contribution in [3.63, 3.8) is 0 Å². The highest BCUT2D eigenvalue weighted by Crippen LogP contribution is 2.29. The van der Waals surface area contributed by atoms with Crippen molar-refractivity contribution in [2.45, 2.75) is 27.7 Å². The Labute approximate surface area is 189 Å². The Bertz CT molecular complexity index is 1580. The third kappa shape index (κ3) is 3.69. The predicted molar refractivity (Wildman–Crippen MR) is 127 cm³/mol. The fourth-order valence-corrected chi connectivity index (χ4v) is 4.00. The summed E-state index contributed by atoms with van der Waals surface area (Å²) in [6, 6.07) is 11.5. The van der Waals surface area contributed by atoms with Crippen molar-refractivity contribution < 1.29 is 8.94 Å². The summed E-state index contributed by atoms with van der Waals surface area (Å²) in [5, 5.41) is 8.11. The second-order valence-corrected chi connectivity index (χ2v) is 8.21. The van der Waals surface area contributed by atoms with Crippen molar-refractivity contribution in [2.75, 3.05) is 5.32 Å². The molecule has 4 heterocycles. The summed E-state index contributed by atoms with van der Waals surface area (Å²) < 4.78 is 12.6. The van der Waals surface area contributed by atoms with Gasteiger partial charge in [0.05, 0.1) is 11.1 Å². The number of anilines is 2. The number of benzene rings is 1. The Morgan fingerprint density at radius 1 is 0.970 bits per heavy atom. The second kappa shape index (κ2) is 7.74. The van der Waals surface area contributed by atoms with Crippen LogP contribution in [0.1, 0.15) is 22.8 Å². The van der Waals surface area contributed by atoms with Gasteiger partial charge < -0.3 is 18.8 Å². The zero-order chi connectivity index (χ0) is 23.3. The molecule has 0 spiro atoms. The molecule has 0 atom stereocenters. The van der Waals surface area contributed by atoms with Crippen molar-refractivity contribution in [2.24, 2.45) is 7.05 Å². The van der Waals surface area contributed by atoms with Gasteiger partial charge in [0.25, 0.3) is 17.4 Å². The van der Waals surface area contributed by atoms with Gasteiger partial charge in [-0.3, -0.25) is 9.78 Å². The van der Waals surface area contributed by atoms with Crippen LogP contribution < -0.4 is 10.9 Å². The summed E-state index contributed by atoms with van der Waals surface area (Å²) in [6.07, 6.45) is 1.80. The van der Waals surface area contributed by atoms with Crippen LogP contribution in [0.2, 0.25) is 0 Å². The molecule has 0 saturated heterocycles. The molecule has 0 aliphatic carbocycles. The van der Waals surface area contributed by atoms with E-state index in [9.17, 15) is 4.79 Å². The molecular formula is C25H23N5O3. The molecule has 1 aromatic carbocycles. The van der Waals surface area contributed by atoms with Crippen LogP contribution in [0.25, 0.3) is 33.5 Å². The number of rotatable bonds is 4. The largest absolute Gasteiger partial charge is 0.466 e. The fourth-order valence-electron chi connectivity index (χ4n) is 4.00. The first kappa shape index (κ1) is 20.7. The highest BCUT2D eigenvalue weighted by Gasteiger charge is 2.16. The van der Waals surface area contributed by atoms with E-state index in [-0.39, 0.29) is 5.56 Å². The molecule has 0 radical (unpaired) electrons. The Kier molecular flexibility index (Phi) is 4.85. The Morgan fingerprint density at radius 2 is 1.79 bits per heavy atom. The quantitative estimate of drug-likeness (QED) is 0.408. The summed E-state index contributed by atoms with van der Waals surface area (Å²) in [7, 11) is 1.78. The Morgan fingerprint density at radius 3 is 2.55 bits per heavy atom. The number of furan rings is 1. The zero-order valence-electron chi connectivity index (χ0n) is 19.1. The number of nitrogens with one attached hydrogen (secondary N) is 1. The van der Waals surface area contributed by atoms with Crippen LogP contribution in [0.4, 0.5) is 11.6 Å². The molecule has 4 aromatic heterocycles. The molecule has 0 unspecified atom stereocenters. The molecular weight excluding hydrogens is 418 g/mol. The smallest absolute Gasteiger partial charge is 0.268 e. The number of pyridine rings is 2. The van der Waals surface area contributed by atoms with Gasteiger partial charge in [-0.1, -0.05) is 6.07 Å².